The predicted molar refractivity (Wildman–Crippen MR) is 104 cm³/mol. The molecule has 1 fully saturated rings. The highest BCUT2D eigenvalue weighted by Crippen LogP contribution is 2.34. The second-order valence-electron chi connectivity index (χ2n) is 8.60. The van der Waals surface area contributed by atoms with E-state index < -0.39 is 0 Å². The van der Waals surface area contributed by atoms with Gasteiger partial charge in [-0.15, -0.1) is 0 Å². The van der Waals surface area contributed by atoms with Crippen molar-refractivity contribution in [3.05, 3.63) is 47.1 Å². The van der Waals surface area contributed by atoms with E-state index in [1.54, 1.807) is 0 Å². The van der Waals surface area contributed by atoms with Crippen molar-refractivity contribution in [3.63, 3.8) is 0 Å². The van der Waals surface area contributed by atoms with Crippen LogP contribution in [0, 0.1) is 19.3 Å². The predicted octanol–water partition coefficient (Wildman–Crippen LogP) is 4.36. The Morgan fingerprint density at radius 2 is 1.96 bits per heavy atom. The number of urea groups is 1. The van der Waals surface area contributed by atoms with Crippen LogP contribution in [-0.2, 0) is 0 Å². The van der Waals surface area contributed by atoms with Gasteiger partial charge in [-0.05, 0) is 37.7 Å². The molecule has 1 N–H and O–H groups in total. The number of aryl methyl sites for hydroxylation is 2. The molecule has 1 aliphatic rings. The summed E-state index contributed by atoms with van der Waals surface area (Å²) in [5, 5.41) is 7.14. The van der Waals surface area contributed by atoms with Crippen LogP contribution in [0.4, 0.5) is 4.79 Å². The minimum Gasteiger partial charge on any atom is -0.339 e. The molecule has 0 saturated carbocycles. The molecule has 2 amide bonds. The maximum absolute atomic E-state index is 12.9. The Morgan fingerprint density at radius 3 is 2.52 bits per heavy atom. The van der Waals surface area contributed by atoms with E-state index in [0.717, 1.165) is 18.4 Å². The van der Waals surface area contributed by atoms with Crippen LogP contribution in [-0.4, -0.2) is 34.2 Å². The highest BCUT2D eigenvalue weighted by molar-refractivity contribution is 5.75. The number of aromatic nitrogens is 2. The lowest BCUT2D eigenvalue weighted by molar-refractivity contribution is 0.161. The third-order valence-electron chi connectivity index (χ3n) is 5.18. The number of carbonyl (C=O) groups is 1. The number of amides is 2. The molecule has 1 unspecified atom stereocenters. The molecule has 146 valence electrons. The molecule has 1 aromatic carbocycles. The summed E-state index contributed by atoms with van der Waals surface area (Å²) in [6, 6.07) is 8.33. The molecule has 0 aliphatic carbocycles. The molecular weight excluding hydrogens is 340 g/mol. The molecule has 3 rings (SSSR count). The van der Waals surface area contributed by atoms with Gasteiger partial charge in [0.15, 0.2) is 5.82 Å². The SMILES string of the molecule is Cc1cccc(C(NC(=O)N2CCC(c3nc(C)no3)CC2)C(C)(C)C)c1. The lowest BCUT2D eigenvalue weighted by atomic mass is 9.82. The van der Waals surface area contributed by atoms with Crippen molar-refractivity contribution >= 4 is 6.03 Å². The lowest BCUT2D eigenvalue weighted by Crippen LogP contribution is -2.47. The largest absolute Gasteiger partial charge is 0.339 e. The molecule has 2 aromatic rings. The average molecular weight is 370 g/mol. The van der Waals surface area contributed by atoms with Gasteiger partial charge >= 0.3 is 6.03 Å². The van der Waals surface area contributed by atoms with Crippen molar-refractivity contribution in [2.45, 2.75) is 59.4 Å². The van der Waals surface area contributed by atoms with Gasteiger partial charge in [-0.3, -0.25) is 0 Å². The van der Waals surface area contributed by atoms with Crippen LogP contribution in [0.25, 0.3) is 0 Å². The van der Waals surface area contributed by atoms with Crippen LogP contribution in [0.2, 0.25) is 0 Å². The standard InChI is InChI=1S/C21H30N4O2/c1-14-7-6-8-17(13-14)18(21(3,4)5)23-20(26)25-11-9-16(10-12-25)19-22-15(2)24-27-19/h6-8,13,16,18H,9-12H2,1-5H3,(H,23,26). The number of hydrogen-bond acceptors (Lipinski definition) is 4. The van der Waals surface area contributed by atoms with E-state index >= 15 is 0 Å². The third kappa shape index (κ3) is 4.67. The lowest BCUT2D eigenvalue weighted by Gasteiger charge is -2.36. The number of rotatable bonds is 3. The Morgan fingerprint density at radius 1 is 1.26 bits per heavy atom. The number of benzene rings is 1. The topological polar surface area (TPSA) is 71.3 Å². The van der Waals surface area contributed by atoms with E-state index in [1.165, 1.54) is 5.56 Å². The van der Waals surface area contributed by atoms with Gasteiger partial charge in [0.05, 0.1) is 6.04 Å². The van der Waals surface area contributed by atoms with Gasteiger partial charge in [0.2, 0.25) is 5.89 Å². The smallest absolute Gasteiger partial charge is 0.317 e. The van der Waals surface area contributed by atoms with Crippen LogP contribution in [0.15, 0.2) is 28.8 Å². The molecule has 6 nitrogen and oxygen atoms in total. The number of likely N-dealkylation sites (tertiary alicyclic amines) is 1. The van der Waals surface area contributed by atoms with Crippen molar-refractivity contribution in [3.8, 4) is 0 Å². The Labute approximate surface area is 161 Å². The van der Waals surface area contributed by atoms with Gasteiger partial charge in [-0.25, -0.2) is 4.79 Å². The van der Waals surface area contributed by atoms with Gasteiger partial charge in [0.25, 0.3) is 0 Å². The van der Waals surface area contributed by atoms with Crippen LogP contribution in [0.3, 0.4) is 0 Å². The highest BCUT2D eigenvalue weighted by atomic mass is 16.5. The van der Waals surface area contributed by atoms with Crippen LogP contribution in [0.5, 0.6) is 0 Å². The van der Waals surface area contributed by atoms with E-state index in [2.05, 4.69) is 61.4 Å². The molecule has 1 saturated heterocycles. The maximum Gasteiger partial charge on any atom is 0.317 e. The molecule has 1 aromatic heterocycles. The molecule has 2 heterocycles. The summed E-state index contributed by atoms with van der Waals surface area (Å²) in [7, 11) is 0. The molecule has 0 spiro atoms. The first-order valence-corrected chi connectivity index (χ1v) is 9.66. The highest BCUT2D eigenvalue weighted by Gasteiger charge is 2.32. The molecule has 0 radical (unpaired) electrons. The minimum atomic E-state index is -0.0803. The van der Waals surface area contributed by atoms with Crippen LogP contribution in [0.1, 0.15) is 68.4 Å². The van der Waals surface area contributed by atoms with E-state index in [4.69, 9.17) is 4.52 Å². The van der Waals surface area contributed by atoms with Crippen molar-refractivity contribution in [2.24, 2.45) is 5.41 Å². The summed E-state index contributed by atoms with van der Waals surface area (Å²) >= 11 is 0. The summed E-state index contributed by atoms with van der Waals surface area (Å²) in [5.41, 5.74) is 2.27. The number of nitrogens with zero attached hydrogens (tertiary/aromatic N) is 3. The summed E-state index contributed by atoms with van der Waals surface area (Å²) in [5.74, 6) is 1.60. The van der Waals surface area contributed by atoms with Crippen molar-refractivity contribution in [1.82, 2.24) is 20.4 Å². The Hall–Kier alpha value is -2.37. The number of piperidine rings is 1. The van der Waals surface area contributed by atoms with E-state index in [0.29, 0.717) is 24.8 Å². The Bertz CT molecular complexity index is 785. The first-order chi connectivity index (χ1) is 12.7. The molecule has 27 heavy (non-hydrogen) atoms. The zero-order valence-electron chi connectivity index (χ0n) is 17.0. The average Bonchev–Trinajstić information content (AvgIpc) is 3.05. The minimum absolute atomic E-state index is 0.00316. The number of nitrogens with one attached hydrogen (secondary N) is 1. The van der Waals surface area contributed by atoms with E-state index in [9.17, 15) is 4.79 Å². The molecule has 1 atom stereocenters. The monoisotopic (exact) mass is 370 g/mol. The second kappa shape index (κ2) is 7.71. The molecule has 0 bridgehead atoms. The second-order valence-corrected chi connectivity index (χ2v) is 8.60. The molecule has 6 heteroatoms. The quantitative estimate of drug-likeness (QED) is 0.871. The summed E-state index contributed by atoms with van der Waals surface area (Å²) in [6.07, 6.45) is 1.69. The first-order valence-electron chi connectivity index (χ1n) is 9.66. The van der Waals surface area contributed by atoms with Gasteiger partial charge in [-0.2, -0.15) is 4.98 Å². The Kier molecular flexibility index (Phi) is 5.53. The molecule has 1 aliphatic heterocycles. The van der Waals surface area contributed by atoms with Gasteiger partial charge in [0.1, 0.15) is 0 Å². The van der Waals surface area contributed by atoms with Crippen LogP contribution >= 0.6 is 0 Å². The van der Waals surface area contributed by atoms with Gasteiger partial charge in [0, 0.05) is 19.0 Å². The fourth-order valence-corrected chi connectivity index (χ4v) is 3.67. The number of hydrogen-bond donors (Lipinski definition) is 1. The summed E-state index contributed by atoms with van der Waals surface area (Å²) < 4.78 is 5.30. The maximum atomic E-state index is 12.9. The van der Waals surface area contributed by atoms with E-state index in [1.807, 2.05) is 17.9 Å². The first kappa shape index (κ1) is 19.4. The van der Waals surface area contributed by atoms with Crippen molar-refractivity contribution < 1.29 is 9.32 Å². The molecular formula is C21H30N4O2. The van der Waals surface area contributed by atoms with E-state index in [-0.39, 0.29) is 23.4 Å². The van der Waals surface area contributed by atoms with Crippen molar-refractivity contribution in [1.29, 1.82) is 0 Å². The normalized spacial score (nSPS) is 17.0. The fraction of sp³-hybridized carbons (Fsp3) is 0.571. The third-order valence-corrected chi connectivity index (χ3v) is 5.18. The van der Waals surface area contributed by atoms with Crippen molar-refractivity contribution in [2.75, 3.05) is 13.1 Å². The zero-order chi connectivity index (χ0) is 19.6. The number of carbonyl (C=O) groups excluding carboxylic acids is 1. The zero-order valence-corrected chi connectivity index (χ0v) is 17.0. The Balaban J connectivity index is 1.65. The van der Waals surface area contributed by atoms with Crippen LogP contribution < -0.4 is 5.32 Å². The van der Waals surface area contributed by atoms with Gasteiger partial charge < -0.3 is 14.7 Å². The summed E-state index contributed by atoms with van der Waals surface area (Å²) in [6.45, 7) is 11.8. The summed E-state index contributed by atoms with van der Waals surface area (Å²) in [4.78, 5) is 19.2. The fourth-order valence-electron chi connectivity index (χ4n) is 3.67. The van der Waals surface area contributed by atoms with Gasteiger partial charge in [-0.1, -0.05) is 55.8 Å².